The molecule has 0 fully saturated rings. The average molecular weight is 539 g/mol. The van der Waals surface area contributed by atoms with Gasteiger partial charge in [-0.3, -0.25) is 0 Å². The maximum absolute atomic E-state index is 14.0. The zero-order chi connectivity index (χ0) is 27.9. The standard InChI is InChI=1S/C41H30O/c1-4-15-39-29-19-26-25-16-21(2)32-33-22(3)17-27-28-20-31(39)38(40(39,30(29)18-25)41(42,36(26)32)37(28)33)35(27)34(23-11-7-5-8-12-23)24-13-9-6-10-14-24/h5-14,16-20,34,42H,4,15H2,1-3H3. The fourth-order valence-corrected chi connectivity index (χ4v) is 11.2. The van der Waals surface area contributed by atoms with E-state index in [9.17, 15) is 5.11 Å². The van der Waals surface area contributed by atoms with Gasteiger partial charge in [-0.25, -0.2) is 0 Å². The van der Waals surface area contributed by atoms with Gasteiger partial charge in [0.25, 0.3) is 0 Å². The normalized spacial score (nSPS) is 25.4. The van der Waals surface area contributed by atoms with E-state index >= 15 is 0 Å². The molecule has 1 N–H and O–H groups in total. The van der Waals surface area contributed by atoms with E-state index in [-0.39, 0.29) is 11.3 Å². The molecule has 0 aliphatic heterocycles. The molecule has 200 valence electrons. The molecule has 1 spiro atoms. The predicted octanol–water partition coefficient (Wildman–Crippen LogP) is 9.03. The lowest BCUT2D eigenvalue weighted by molar-refractivity contribution is -0.0530. The first-order valence-electron chi connectivity index (χ1n) is 15.6. The molecule has 1 nitrogen and oxygen atoms in total. The smallest absolute Gasteiger partial charge is 0.132 e. The summed E-state index contributed by atoms with van der Waals surface area (Å²) in [4.78, 5) is 0. The van der Waals surface area contributed by atoms with Crippen LogP contribution in [0.2, 0.25) is 0 Å². The molecule has 0 amide bonds. The van der Waals surface area contributed by atoms with Crippen molar-refractivity contribution in [2.75, 3.05) is 0 Å². The van der Waals surface area contributed by atoms with Crippen molar-refractivity contribution < 1.29 is 5.11 Å². The van der Waals surface area contributed by atoms with Gasteiger partial charge in [-0.1, -0.05) is 86.1 Å². The van der Waals surface area contributed by atoms with Crippen LogP contribution < -0.4 is 0 Å². The van der Waals surface area contributed by atoms with Crippen LogP contribution in [0.4, 0.5) is 0 Å². The molecule has 3 unspecified atom stereocenters. The van der Waals surface area contributed by atoms with Gasteiger partial charge in [-0.05, 0) is 121 Å². The van der Waals surface area contributed by atoms with Gasteiger partial charge in [0.05, 0.1) is 5.41 Å². The predicted molar refractivity (Wildman–Crippen MR) is 170 cm³/mol. The molecule has 6 aromatic carbocycles. The SMILES string of the molecule is CCCC12c3cc4c5c6c(C)cc4cc3C13c1c2cc2c(c-6c(C)cc2c1C(c1ccccc1)c1ccccc1)C53O. The molecule has 42 heavy (non-hydrogen) atoms. The van der Waals surface area contributed by atoms with E-state index in [2.05, 4.69) is 112 Å². The van der Waals surface area contributed by atoms with Crippen molar-refractivity contribution in [1.29, 1.82) is 0 Å². The topological polar surface area (TPSA) is 20.2 Å². The third-order valence-corrected chi connectivity index (χ3v) is 12.2. The van der Waals surface area contributed by atoms with Crippen LogP contribution in [-0.2, 0) is 16.4 Å². The molecule has 6 aliphatic carbocycles. The van der Waals surface area contributed by atoms with E-state index in [1.165, 1.54) is 93.9 Å². The zero-order valence-electron chi connectivity index (χ0n) is 24.1. The van der Waals surface area contributed by atoms with Crippen molar-refractivity contribution in [1.82, 2.24) is 0 Å². The minimum Gasteiger partial charge on any atom is -0.379 e. The molecular weight excluding hydrogens is 508 g/mol. The lowest BCUT2D eigenvalue weighted by atomic mass is 9.29. The molecule has 3 atom stereocenters. The summed E-state index contributed by atoms with van der Waals surface area (Å²) in [6.45, 7) is 6.86. The number of aliphatic hydroxyl groups is 1. The van der Waals surface area contributed by atoms with Gasteiger partial charge in [-0.2, -0.15) is 0 Å². The van der Waals surface area contributed by atoms with Crippen LogP contribution in [0.5, 0.6) is 0 Å². The highest BCUT2D eigenvalue weighted by Crippen LogP contribution is 2.85. The Morgan fingerprint density at radius 3 is 1.93 bits per heavy atom. The van der Waals surface area contributed by atoms with E-state index in [4.69, 9.17) is 0 Å². The summed E-state index contributed by atoms with van der Waals surface area (Å²) in [5.41, 5.74) is 15.7. The summed E-state index contributed by atoms with van der Waals surface area (Å²) < 4.78 is 0. The van der Waals surface area contributed by atoms with Crippen LogP contribution in [0.15, 0.2) is 91.0 Å². The van der Waals surface area contributed by atoms with Crippen molar-refractivity contribution in [3.8, 4) is 11.1 Å². The summed E-state index contributed by atoms with van der Waals surface area (Å²) in [6, 6.07) is 34.5. The minimum atomic E-state index is -1.07. The second kappa shape index (κ2) is 6.56. The Kier molecular flexibility index (Phi) is 3.50. The Morgan fingerprint density at radius 2 is 1.26 bits per heavy atom. The van der Waals surface area contributed by atoms with Crippen LogP contribution in [0, 0.1) is 13.8 Å². The Balaban J connectivity index is 1.42. The van der Waals surface area contributed by atoms with Gasteiger partial charge >= 0.3 is 0 Å². The number of benzene rings is 6. The summed E-state index contributed by atoms with van der Waals surface area (Å²) in [5, 5.41) is 19.1. The Morgan fingerprint density at radius 1 is 0.643 bits per heavy atom. The second-order valence-electron chi connectivity index (χ2n) is 13.7. The van der Waals surface area contributed by atoms with E-state index in [0.29, 0.717) is 0 Å². The molecule has 0 heterocycles. The maximum Gasteiger partial charge on any atom is 0.132 e. The van der Waals surface area contributed by atoms with Gasteiger partial charge in [0.15, 0.2) is 0 Å². The Hall–Kier alpha value is -4.20. The van der Waals surface area contributed by atoms with Crippen molar-refractivity contribution >= 4 is 21.5 Å². The van der Waals surface area contributed by atoms with Gasteiger partial charge in [0, 0.05) is 22.5 Å². The first kappa shape index (κ1) is 22.4. The fourth-order valence-electron chi connectivity index (χ4n) is 11.2. The summed E-state index contributed by atoms with van der Waals surface area (Å²) in [6.07, 6.45) is 2.16. The molecule has 6 aliphatic rings. The van der Waals surface area contributed by atoms with E-state index in [1.54, 1.807) is 0 Å². The van der Waals surface area contributed by atoms with Gasteiger partial charge in [0.1, 0.15) is 5.60 Å². The molecule has 1 heteroatoms. The highest BCUT2D eigenvalue weighted by atomic mass is 16.3. The highest BCUT2D eigenvalue weighted by Gasteiger charge is 2.84. The Bertz CT molecular complexity index is 2260. The number of aryl methyl sites for hydroxylation is 2. The minimum absolute atomic E-state index is 0.0841. The summed E-state index contributed by atoms with van der Waals surface area (Å²) in [7, 11) is 0. The van der Waals surface area contributed by atoms with Crippen LogP contribution in [0.25, 0.3) is 32.7 Å². The number of fused-ring (bicyclic) bond motifs is 1. The molecule has 12 rings (SSSR count). The quantitative estimate of drug-likeness (QED) is 0.217. The largest absolute Gasteiger partial charge is 0.379 e. The van der Waals surface area contributed by atoms with Gasteiger partial charge in [-0.15, -0.1) is 0 Å². The molecule has 0 aromatic heterocycles. The number of hydrogen-bond donors (Lipinski definition) is 1. The molecule has 0 saturated heterocycles. The first-order chi connectivity index (χ1) is 20.5. The first-order valence-corrected chi connectivity index (χ1v) is 15.6. The van der Waals surface area contributed by atoms with Gasteiger partial charge in [0.2, 0.25) is 0 Å². The van der Waals surface area contributed by atoms with E-state index < -0.39 is 11.0 Å². The van der Waals surface area contributed by atoms with Crippen LogP contribution in [0.3, 0.4) is 0 Å². The molecule has 10 bridgehead atoms. The average Bonchev–Trinajstić information content (AvgIpc) is 3.02. The van der Waals surface area contributed by atoms with Crippen LogP contribution in [0.1, 0.15) is 86.9 Å². The summed E-state index contributed by atoms with van der Waals surface area (Å²) >= 11 is 0. The lowest BCUT2D eigenvalue weighted by Gasteiger charge is -2.72. The number of hydrogen-bond acceptors (Lipinski definition) is 1. The monoisotopic (exact) mass is 538 g/mol. The van der Waals surface area contributed by atoms with E-state index in [0.717, 1.165) is 12.8 Å². The molecular formula is C41H30O. The van der Waals surface area contributed by atoms with Crippen molar-refractivity contribution in [3.63, 3.8) is 0 Å². The van der Waals surface area contributed by atoms with Crippen molar-refractivity contribution in [2.24, 2.45) is 0 Å². The lowest BCUT2D eigenvalue weighted by Crippen LogP contribution is -2.74. The highest BCUT2D eigenvalue weighted by molar-refractivity contribution is 6.14. The van der Waals surface area contributed by atoms with Crippen LogP contribution in [-0.4, -0.2) is 5.11 Å². The second-order valence-corrected chi connectivity index (χ2v) is 13.7. The summed E-state index contributed by atoms with van der Waals surface area (Å²) in [5.74, 6) is 0.0841. The third kappa shape index (κ3) is 1.83. The fraction of sp³-hybridized carbons (Fsp3) is 0.220. The van der Waals surface area contributed by atoms with Crippen molar-refractivity contribution in [3.05, 3.63) is 152 Å². The maximum atomic E-state index is 14.0. The molecule has 0 saturated carbocycles. The molecule has 0 radical (unpaired) electrons. The van der Waals surface area contributed by atoms with Gasteiger partial charge < -0.3 is 5.11 Å². The third-order valence-electron chi connectivity index (χ3n) is 12.2. The van der Waals surface area contributed by atoms with Crippen LogP contribution >= 0.6 is 0 Å². The number of rotatable bonds is 5. The Labute approximate surface area is 245 Å². The zero-order valence-corrected chi connectivity index (χ0v) is 24.1. The van der Waals surface area contributed by atoms with E-state index in [1.807, 2.05) is 0 Å². The molecule has 6 aromatic rings. The van der Waals surface area contributed by atoms with Crippen molar-refractivity contribution in [2.45, 2.75) is 56.0 Å².